The Kier molecular flexibility index (Phi) is 6.27. The molecule has 2 bridgehead atoms. The monoisotopic (exact) mass is 458 g/mol. The van der Waals surface area contributed by atoms with E-state index < -0.39 is 0 Å². The van der Waals surface area contributed by atoms with Gasteiger partial charge in [-0.15, -0.1) is 0 Å². The van der Waals surface area contributed by atoms with E-state index in [1.165, 1.54) is 6.42 Å². The molecule has 1 aromatic carbocycles. The van der Waals surface area contributed by atoms with Crippen LogP contribution in [-0.4, -0.2) is 60.2 Å². The highest BCUT2D eigenvalue weighted by atomic mass is 79.9. The van der Waals surface area contributed by atoms with E-state index in [0.29, 0.717) is 24.4 Å². The molecule has 1 amide bonds. The zero-order chi connectivity index (χ0) is 20.4. The summed E-state index contributed by atoms with van der Waals surface area (Å²) in [5.41, 5.74) is 3.21. The molecule has 1 N–H and O–H groups in total. The molecule has 7 heteroatoms. The highest BCUT2D eigenvalue weighted by molar-refractivity contribution is 9.10. The second-order valence-electron chi connectivity index (χ2n) is 7.98. The molecule has 29 heavy (non-hydrogen) atoms. The largest absolute Gasteiger partial charge is 0.375 e. The smallest absolute Gasteiger partial charge is 0.246 e. The molecule has 3 aliphatic heterocycles. The molecule has 4 heterocycles. The maximum Gasteiger partial charge on any atom is 0.246 e. The van der Waals surface area contributed by atoms with E-state index in [4.69, 9.17) is 9.72 Å². The summed E-state index contributed by atoms with van der Waals surface area (Å²) in [6.07, 6.45) is 2.27. The van der Waals surface area contributed by atoms with Crippen LogP contribution < -0.4 is 5.32 Å². The Morgan fingerprint density at radius 2 is 2.17 bits per heavy atom. The maximum atomic E-state index is 11.7. The zero-order valence-electron chi connectivity index (χ0n) is 16.9. The van der Waals surface area contributed by atoms with Crippen LogP contribution in [0.25, 0.3) is 11.3 Å². The molecule has 1 unspecified atom stereocenters. The van der Waals surface area contributed by atoms with Crippen LogP contribution in [-0.2, 0) is 9.53 Å². The second-order valence-corrected chi connectivity index (χ2v) is 8.84. The lowest BCUT2D eigenvalue weighted by Gasteiger charge is -2.49. The van der Waals surface area contributed by atoms with Crippen LogP contribution in [0.1, 0.15) is 30.3 Å². The molecule has 3 aliphatic rings. The Labute approximate surface area is 180 Å². The van der Waals surface area contributed by atoms with Crippen molar-refractivity contribution in [3.05, 3.63) is 46.3 Å². The first-order valence-electron chi connectivity index (χ1n) is 10.2. The lowest BCUT2D eigenvalue weighted by molar-refractivity contribution is -0.125. The number of hydrogen-bond acceptors (Lipinski definition) is 5. The number of ether oxygens (including phenoxy) is 1. The van der Waals surface area contributed by atoms with Crippen molar-refractivity contribution >= 4 is 21.8 Å². The first-order valence-corrected chi connectivity index (χ1v) is 10.9. The fourth-order valence-corrected chi connectivity index (χ4v) is 5.17. The van der Waals surface area contributed by atoms with Gasteiger partial charge in [-0.05, 0) is 44.4 Å². The number of amides is 1. The third kappa shape index (κ3) is 4.52. The fourth-order valence-electron chi connectivity index (χ4n) is 4.69. The second kappa shape index (κ2) is 8.90. The van der Waals surface area contributed by atoms with Gasteiger partial charge < -0.3 is 10.1 Å². The predicted octanol–water partition coefficient (Wildman–Crippen LogP) is 3.15. The van der Waals surface area contributed by atoms with Crippen LogP contribution >= 0.6 is 15.9 Å². The number of fused-ring (bicyclic) bond motifs is 3. The topological polar surface area (TPSA) is 67.3 Å². The van der Waals surface area contributed by atoms with Crippen molar-refractivity contribution in [3.8, 4) is 11.3 Å². The van der Waals surface area contributed by atoms with E-state index in [1.54, 1.807) is 7.11 Å². The Balaban J connectivity index is 1.51. The van der Waals surface area contributed by atoms with E-state index >= 15 is 0 Å². The number of nitrogens with zero attached hydrogens (tertiary/aromatic N) is 3. The predicted molar refractivity (Wildman–Crippen MR) is 116 cm³/mol. The van der Waals surface area contributed by atoms with E-state index in [-0.39, 0.29) is 12.5 Å². The van der Waals surface area contributed by atoms with E-state index in [2.05, 4.69) is 43.3 Å². The summed E-state index contributed by atoms with van der Waals surface area (Å²) < 4.78 is 5.95. The number of methoxy groups -OCH3 is 1. The minimum Gasteiger partial charge on any atom is -0.375 e. The Morgan fingerprint density at radius 3 is 2.90 bits per heavy atom. The standard InChI is InChI=1S/C22H27BrN4O2/c1-14-25-20(17-5-3-4-6-19(17)23)10-21(26-14)18-12-27-8-7-15(18)9-16(27)11-24-22(28)13-29-2/h3-6,10,15-16,18H,7-9,11-13H2,1-2H3,(H,24,28)/t15-,16+,18-/m0/s1. The number of rotatable bonds is 6. The summed E-state index contributed by atoms with van der Waals surface area (Å²) in [5, 5.41) is 3.00. The van der Waals surface area contributed by atoms with Gasteiger partial charge in [-0.1, -0.05) is 34.1 Å². The molecule has 0 aliphatic carbocycles. The van der Waals surface area contributed by atoms with Gasteiger partial charge in [-0.2, -0.15) is 0 Å². The molecule has 0 spiro atoms. The molecule has 3 saturated heterocycles. The van der Waals surface area contributed by atoms with E-state index in [1.807, 2.05) is 25.1 Å². The van der Waals surface area contributed by atoms with Gasteiger partial charge >= 0.3 is 0 Å². The molecule has 6 nitrogen and oxygen atoms in total. The summed E-state index contributed by atoms with van der Waals surface area (Å²) in [5.74, 6) is 1.77. The number of aryl methyl sites for hydroxylation is 1. The molecule has 1 aromatic heterocycles. The van der Waals surface area contributed by atoms with Crippen molar-refractivity contribution in [2.75, 3.05) is 33.4 Å². The highest BCUT2D eigenvalue weighted by Crippen LogP contribution is 2.42. The van der Waals surface area contributed by atoms with Gasteiger partial charge in [0.1, 0.15) is 12.4 Å². The number of halogens is 1. The fraction of sp³-hybridized carbons (Fsp3) is 0.500. The number of aromatic nitrogens is 2. The number of carbonyl (C=O) groups excluding carboxylic acids is 1. The minimum atomic E-state index is -0.0452. The van der Waals surface area contributed by atoms with Gasteiger partial charge in [0.15, 0.2) is 0 Å². The molecular weight excluding hydrogens is 432 g/mol. The third-order valence-electron chi connectivity index (χ3n) is 6.08. The molecular formula is C22H27BrN4O2. The van der Waals surface area contributed by atoms with Gasteiger partial charge in [-0.3, -0.25) is 9.69 Å². The average molecular weight is 459 g/mol. The molecule has 5 rings (SSSR count). The maximum absolute atomic E-state index is 11.7. The molecule has 2 aromatic rings. The normalized spacial score (nSPS) is 25.8. The minimum absolute atomic E-state index is 0.0452. The molecule has 0 saturated carbocycles. The average Bonchev–Trinajstić information content (AvgIpc) is 2.73. The highest BCUT2D eigenvalue weighted by Gasteiger charge is 2.41. The summed E-state index contributed by atoms with van der Waals surface area (Å²) in [7, 11) is 1.54. The van der Waals surface area contributed by atoms with Crippen molar-refractivity contribution in [2.45, 2.75) is 31.7 Å². The summed E-state index contributed by atoms with van der Waals surface area (Å²) in [4.78, 5) is 23.8. The summed E-state index contributed by atoms with van der Waals surface area (Å²) >= 11 is 3.65. The van der Waals surface area contributed by atoms with Gasteiger partial charge in [0.2, 0.25) is 5.91 Å². The van der Waals surface area contributed by atoms with Crippen LogP contribution in [0.2, 0.25) is 0 Å². The van der Waals surface area contributed by atoms with Crippen LogP contribution in [0.3, 0.4) is 0 Å². The van der Waals surface area contributed by atoms with Gasteiger partial charge in [-0.25, -0.2) is 9.97 Å². The lowest BCUT2D eigenvalue weighted by atomic mass is 9.74. The van der Waals surface area contributed by atoms with Crippen LogP contribution in [0.5, 0.6) is 0 Å². The number of hydrogen-bond donors (Lipinski definition) is 1. The first kappa shape index (κ1) is 20.4. The van der Waals surface area contributed by atoms with Crippen molar-refractivity contribution in [1.82, 2.24) is 20.2 Å². The number of benzene rings is 1. The zero-order valence-corrected chi connectivity index (χ0v) is 18.5. The lowest BCUT2D eigenvalue weighted by Crippen LogP contribution is -2.56. The van der Waals surface area contributed by atoms with Gasteiger partial charge in [0.05, 0.1) is 5.69 Å². The van der Waals surface area contributed by atoms with Crippen molar-refractivity contribution in [1.29, 1.82) is 0 Å². The van der Waals surface area contributed by atoms with Gasteiger partial charge in [0, 0.05) is 47.9 Å². The van der Waals surface area contributed by atoms with E-state index in [0.717, 1.165) is 46.8 Å². The molecule has 3 fully saturated rings. The van der Waals surface area contributed by atoms with E-state index in [9.17, 15) is 4.79 Å². The first-order chi connectivity index (χ1) is 14.0. The third-order valence-corrected chi connectivity index (χ3v) is 6.77. The molecule has 4 atom stereocenters. The van der Waals surface area contributed by atoms with Crippen LogP contribution in [0, 0.1) is 12.8 Å². The Hall–Kier alpha value is -1.83. The number of carbonyl (C=O) groups is 1. The van der Waals surface area contributed by atoms with Crippen LogP contribution in [0.15, 0.2) is 34.8 Å². The Bertz CT molecular complexity index is 891. The van der Waals surface area contributed by atoms with Crippen molar-refractivity contribution in [2.24, 2.45) is 5.92 Å². The quantitative estimate of drug-likeness (QED) is 0.719. The van der Waals surface area contributed by atoms with Crippen molar-refractivity contribution in [3.63, 3.8) is 0 Å². The van der Waals surface area contributed by atoms with Crippen LogP contribution in [0.4, 0.5) is 0 Å². The van der Waals surface area contributed by atoms with Crippen molar-refractivity contribution < 1.29 is 9.53 Å². The molecule has 154 valence electrons. The van der Waals surface area contributed by atoms with Gasteiger partial charge in [0.25, 0.3) is 0 Å². The molecule has 0 radical (unpaired) electrons. The Morgan fingerprint density at radius 1 is 1.34 bits per heavy atom. The SMILES string of the molecule is COCC(=O)NC[C@H]1C[C@@H]2CCN1C[C@@H]2c1cc(-c2ccccc2Br)nc(C)n1. The number of nitrogens with one attached hydrogen (secondary N) is 1. The number of piperidine rings is 3. The summed E-state index contributed by atoms with van der Waals surface area (Å²) in [6.45, 7) is 4.86. The summed E-state index contributed by atoms with van der Waals surface area (Å²) in [6, 6.07) is 10.7.